The molecule has 0 saturated carbocycles. The Balaban J connectivity index is 2.61. The van der Waals surface area contributed by atoms with Crippen molar-refractivity contribution in [1.29, 1.82) is 0 Å². The first-order valence-corrected chi connectivity index (χ1v) is 6.05. The van der Waals surface area contributed by atoms with E-state index in [0.29, 0.717) is 13.0 Å². The molecule has 0 heterocycles. The predicted molar refractivity (Wildman–Crippen MR) is 66.7 cm³/mol. The van der Waals surface area contributed by atoms with Crippen LogP contribution in [-0.4, -0.2) is 43.1 Å². The molecule has 3 N–H and O–H groups in total. The number of nitrogens with one attached hydrogen (secondary N) is 1. The lowest BCUT2D eigenvalue weighted by atomic mass is 10.1. The molecule has 2 atom stereocenters. The van der Waals surface area contributed by atoms with Crippen LogP contribution in [0.5, 0.6) is 0 Å². The van der Waals surface area contributed by atoms with E-state index in [2.05, 4.69) is 5.32 Å². The van der Waals surface area contributed by atoms with Crippen molar-refractivity contribution in [3.8, 4) is 0 Å². The van der Waals surface area contributed by atoms with Crippen LogP contribution in [-0.2, 0) is 4.74 Å². The number of aliphatic hydroxyl groups is 2. The average Bonchev–Trinajstić information content (AvgIpc) is 2.36. The van der Waals surface area contributed by atoms with Gasteiger partial charge in [-0.25, -0.2) is 8.78 Å². The maximum atomic E-state index is 13.4. The molecule has 1 aromatic rings. The van der Waals surface area contributed by atoms with Crippen LogP contribution >= 0.6 is 0 Å². The summed E-state index contributed by atoms with van der Waals surface area (Å²) in [5.41, 5.74) is -0.352. The summed E-state index contributed by atoms with van der Waals surface area (Å²) in [6, 6.07) is 3.26. The van der Waals surface area contributed by atoms with Crippen LogP contribution in [0.25, 0.3) is 0 Å². The van der Waals surface area contributed by atoms with E-state index < -0.39 is 17.7 Å². The molecule has 0 saturated heterocycles. The number of halogens is 2. The van der Waals surface area contributed by atoms with Gasteiger partial charge in [0.25, 0.3) is 0 Å². The van der Waals surface area contributed by atoms with E-state index in [1.54, 1.807) is 0 Å². The molecule has 4 nitrogen and oxygen atoms in total. The highest BCUT2D eigenvalue weighted by molar-refractivity contribution is 5.22. The monoisotopic (exact) mass is 275 g/mol. The number of ether oxygens (including phenoxy) is 1. The minimum atomic E-state index is -1.29. The van der Waals surface area contributed by atoms with Gasteiger partial charge < -0.3 is 20.3 Å². The van der Waals surface area contributed by atoms with E-state index in [9.17, 15) is 13.9 Å². The number of rotatable bonds is 8. The topological polar surface area (TPSA) is 61.7 Å². The first-order chi connectivity index (χ1) is 9.10. The van der Waals surface area contributed by atoms with Crippen LogP contribution < -0.4 is 5.32 Å². The van der Waals surface area contributed by atoms with Crippen LogP contribution in [0.2, 0.25) is 0 Å². The molecule has 0 fully saturated rings. The number of hydrogen-bond donors (Lipinski definition) is 3. The molecule has 1 rings (SSSR count). The van der Waals surface area contributed by atoms with Gasteiger partial charge in [0.05, 0.1) is 18.3 Å². The van der Waals surface area contributed by atoms with Gasteiger partial charge in [-0.1, -0.05) is 6.07 Å². The Hall–Kier alpha value is -1.08. The Kier molecular flexibility index (Phi) is 6.86. The Morgan fingerprint density at radius 2 is 1.95 bits per heavy atom. The molecule has 0 aliphatic rings. The Morgan fingerprint density at radius 1 is 1.32 bits per heavy atom. The molecular weight excluding hydrogens is 256 g/mol. The van der Waals surface area contributed by atoms with Gasteiger partial charge in [-0.2, -0.15) is 0 Å². The summed E-state index contributed by atoms with van der Waals surface area (Å²) in [5.74, 6) is -1.56. The molecule has 6 heteroatoms. The van der Waals surface area contributed by atoms with Gasteiger partial charge in [0, 0.05) is 26.3 Å². The minimum Gasteiger partial charge on any atom is -0.396 e. The lowest BCUT2D eigenvalue weighted by Gasteiger charge is -2.20. The number of hydrogen-bond acceptors (Lipinski definition) is 4. The molecule has 0 spiro atoms. The summed E-state index contributed by atoms with van der Waals surface area (Å²) in [5, 5.41) is 21.6. The zero-order chi connectivity index (χ0) is 14.3. The molecule has 2 unspecified atom stereocenters. The first kappa shape index (κ1) is 16.0. The number of aliphatic hydroxyl groups excluding tert-OH is 2. The van der Waals surface area contributed by atoms with E-state index in [4.69, 9.17) is 9.84 Å². The Labute approximate surface area is 111 Å². The fourth-order valence-corrected chi connectivity index (χ4v) is 1.81. The molecule has 0 amide bonds. The normalized spacial score (nSPS) is 14.4. The Morgan fingerprint density at radius 3 is 2.47 bits per heavy atom. The average molecular weight is 275 g/mol. The van der Waals surface area contributed by atoms with E-state index >= 15 is 0 Å². The van der Waals surface area contributed by atoms with Gasteiger partial charge in [-0.15, -0.1) is 0 Å². The third-order valence-electron chi connectivity index (χ3n) is 2.78. The molecule has 19 heavy (non-hydrogen) atoms. The van der Waals surface area contributed by atoms with E-state index in [1.165, 1.54) is 13.2 Å². The van der Waals surface area contributed by atoms with Crippen molar-refractivity contribution in [3.05, 3.63) is 35.4 Å². The van der Waals surface area contributed by atoms with Gasteiger partial charge in [0.2, 0.25) is 0 Å². The minimum absolute atomic E-state index is 0.0219. The molecule has 0 aliphatic heterocycles. The van der Waals surface area contributed by atoms with E-state index in [1.807, 2.05) is 0 Å². The summed E-state index contributed by atoms with van der Waals surface area (Å²) >= 11 is 0. The molecular formula is C13H19F2NO3. The summed E-state index contributed by atoms with van der Waals surface area (Å²) in [7, 11) is 1.51. The molecule has 0 aliphatic carbocycles. The fourth-order valence-electron chi connectivity index (χ4n) is 1.81. The second-order valence-corrected chi connectivity index (χ2v) is 4.22. The zero-order valence-electron chi connectivity index (χ0n) is 10.8. The highest BCUT2D eigenvalue weighted by atomic mass is 19.1. The third kappa shape index (κ3) is 4.83. The maximum Gasteiger partial charge on any atom is 0.131 e. The third-order valence-corrected chi connectivity index (χ3v) is 2.78. The van der Waals surface area contributed by atoms with Gasteiger partial charge in [0.1, 0.15) is 11.6 Å². The summed E-state index contributed by atoms with van der Waals surface area (Å²) in [4.78, 5) is 0. The van der Waals surface area contributed by atoms with Crippen molar-refractivity contribution in [2.75, 3.05) is 26.9 Å². The predicted octanol–water partition coefficient (Wildman–Crippen LogP) is 0.985. The van der Waals surface area contributed by atoms with Crippen molar-refractivity contribution < 1.29 is 23.7 Å². The van der Waals surface area contributed by atoms with Crippen LogP contribution in [0.4, 0.5) is 8.78 Å². The quantitative estimate of drug-likeness (QED) is 0.662. The van der Waals surface area contributed by atoms with E-state index in [0.717, 1.165) is 12.1 Å². The fraction of sp³-hybridized carbons (Fsp3) is 0.538. The summed E-state index contributed by atoms with van der Waals surface area (Å²) < 4.78 is 31.8. The maximum absolute atomic E-state index is 13.4. The first-order valence-electron chi connectivity index (χ1n) is 6.05. The van der Waals surface area contributed by atoms with Crippen molar-refractivity contribution >= 4 is 0 Å². The number of methoxy groups -OCH3 is 1. The lowest BCUT2D eigenvalue weighted by Crippen LogP contribution is -2.37. The van der Waals surface area contributed by atoms with Gasteiger partial charge in [-0.3, -0.25) is 0 Å². The van der Waals surface area contributed by atoms with Crippen LogP contribution in [0.3, 0.4) is 0 Å². The van der Waals surface area contributed by atoms with Crippen molar-refractivity contribution in [2.24, 2.45) is 0 Å². The van der Waals surface area contributed by atoms with Gasteiger partial charge in [0.15, 0.2) is 0 Å². The van der Waals surface area contributed by atoms with Crippen molar-refractivity contribution in [3.63, 3.8) is 0 Å². The molecule has 0 bridgehead atoms. The van der Waals surface area contributed by atoms with Crippen LogP contribution in [0.15, 0.2) is 18.2 Å². The van der Waals surface area contributed by atoms with Crippen molar-refractivity contribution in [1.82, 2.24) is 5.32 Å². The van der Waals surface area contributed by atoms with Crippen LogP contribution in [0.1, 0.15) is 18.1 Å². The van der Waals surface area contributed by atoms with Crippen molar-refractivity contribution in [2.45, 2.75) is 18.6 Å². The smallest absolute Gasteiger partial charge is 0.131 e. The SMILES string of the molecule is COCC(CCO)NCC(O)c1c(F)cccc1F. The van der Waals surface area contributed by atoms with Crippen LogP contribution in [0, 0.1) is 11.6 Å². The molecule has 0 radical (unpaired) electrons. The highest BCUT2D eigenvalue weighted by Crippen LogP contribution is 2.20. The summed E-state index contributed by atoms with van der Waals surface area (Å²) in [6.45, 7) is 0.282. The second kappa shape index (κ2) is 8.16. The largest absolute Gasteiger partial charge is 0.396 e. The molecule has 108 valence electrons. The summed E-state index contributed by atoms with van der Waals surface area (Å²) in [6.07, 6.45) is -0.861. The number of benzene rings is 1. The van der Waals surface area contributed by atoms with E-state index in [-0.39, 0.29) is 24.8 Å². The zero-order valence-corrected chi connectivity index (χ0v) is 10.8. The van der Waals surface area contributed by atoms with Gasteiger partial charge >= 0.3 is 0 Å². The molecule has 0 aromatic heterocycles. The van der Waals surface area contributed by atoms with Gasteiger partial charge in [-0.05, 0) is 18.6 Å². The second-order valence-electron chi connectivity index (χ2n) is 4.22. The standard InChI is InChI=1S/C13H19F2NO3/c1-19-8-9(5-6-17)16-7-12(18)13-10(14)3-2-4-11(13)15/h2-4,9,12,16-18H,5-8H2,1H3. The molecule has 1 aromatic carbocycles. The lowest BCUT2D eigenvalue weighted by molar-refractivity contribution is 0.123. The highest BCUT2D eigenvalue weighted by Gasteiger charge is 2.18. The Bertz CT molecular complexity index is 364.